The lowest BCUT2D eigenvalue weighted by Crippen LogP contribution is -2.37. The highest BCUT2D eigenvalue weighted by Gasteiger charge is 2.56. The molecule has 15 heteroatoms. The van der Waals surface area contributed by atoms with Gasteiger partial charge in [0.15, 0.2) is 15.8 Å². The average Bonchev–Trinajstić information content (AvgIpc) is 3.31. The lowest BCUT2D eigenvalue weighted by Gasteiger charge is -2.24. The maximum absolute atomic E-state index is 13.6. The van der Waals surface area contributed by atoms with Crippen LogP contribution in [0.25, 0.3) is 5.65 Å². The maximum atomic E-state index is 13.6. The van der Waals surface area contributed by atoms with Crippen molar-refractivity contribution in [2.45, 2.75) is 36.5 Å². The van der Waals surface area contributed by atoms with E-state index in [1.165, 1.54) is 17.6 Å². The predicted octanol–water partition coefficient (Wildman–Crippen LogP) is 2.78. The number of alkyl halides is 2. The molecule has 1 unspecified atom stereocenters. The Morgan fingerprint density at radius 2 is 2.03 bits per heavy atom. The highest BCUT2D eigenvalue weighted by molar-refractivity contribution is 7.54. The number of carbonyl (C=O) groups excluding carboxylic acids is 1. The molecule has 1 aliphatic rings. The molecule has 0 amide bonds. The van der Waals surface area contributed by atoms with E-state index in [2.05, 4.69) is 15.1 Å². The van der Waals surface area contributed by atoms with Gasteiger partial charge in [0, 0.05) is 5.92 Å². The molecule has 2 aromatic heterocycles. The summed E-state index contributed by atoms with van der Waals surface area (Å²) in [6, 6.07) is 8.40. The van der Waals surface area contributed by atoms with Gasteiger partial charge >= 0.3 is 7.60 Å². The second-order valence-electron chi connectivity index (χ2n) is 8.45. The third-order valence-electron chi connectivity index (χ3n) is 5.72. The van der Waals surface area contributed by atoms with Gasteiger partial charge in [-0.15, -0.1) is 5.10 Å². The number of hydrogen-bond donors (Lipinski definition) is 3. The molecule has 1 saturated heterocycles. The SMILES string of the molecule is CC(=O)[C@H](C)CP(=O)(OC[C@H]1O[C@@H](c2cnc3c(N)nc(N)nn23)C(Cl)(Cl)[C@H]1O)Oc1ccccc1. The fourth-order valence-corrected chi connectivity index (χ4v) is 6.25. The number of nitrogens with two attached hydrogens (primary N) is 2. The van der Waals surface area contributed by atoms with E-state index in [-0.39, 0.29) is 35.1 Å². The van der Waals surface area contributed by atoms with E-state index < -0.39 is 42.8 Å². The monoisotopic (exact) mass is 558 g/mol. The average molecular weight is 559 g/mol. The van der Waals surface area contributed by atoms with E-state index in [0.29, 0.717) is 5.75 Å². The molecule has 0 radical (unpaired) electrons. The molecule has 0 saturated carbocycles. The van der Waals surface area contributed by atoms with Crippen LogP contribution in [0.4, 0.5) is 11.8 Å². The van der Waals surface area contributed by atoms with Crippen LogP contribution < -0.4 is 16.0 Å². The Kier molecular flexibility index (Phi) is 7.47. The summed E-state index contributed by atoms with van der Waals surface area (Å²) in [6.07, 6.45) is -2.54. The molecule has 0 aliphatic carbocycles. The number of benzene rings is 1. The number of fused-ring (bicyclic) bond motifs is 1. The minimum absolute atomic E-state index is 0.0283. The molecule has 1 aromatic carbocycles. The fourth-order valence-electron chi connectivity index (χ4n) is 3.67. The van der Waals surface area contributed by atoms with Gasteiger partial charge in [0.05, 0.1) is 24.7 Å². The number of para-hydroxylation sites is 1. The van der Waals surface area contributed by atoms with Crippen LogP contribution >= 0.6 is 30.8 Å². The van der Waals surface area contributed by atoms with E-state index in [1.54, 1.807) is 37.3 Å². The topological polar surface area (TPSA) is 177 Å². The number of carbonyl (C=O) groups is 1. The van der Waals surface area contributed by atoms with Crippen LogP contribution in [-0.2, 0) is 18.6 Å². The first-order valence-electron chi connectivity index (χ1n) is 10.9. The van der Waals surface area contributed by atoms with Crippen LogP contribution in [0, 0.1) is 5.92 Å². The number of nitrogen functional groups attached to an aromatic ring is 2. The van der Waals surface area contributed by atoms with E-state index >= 15 is 0 Å². The zero-order valence-electron chi connectivity index (χ0n) is 19.3. The van der Waals surface area contributed by atoms with Gasteiger partial charge in [0.25, 0.3) is 0 Å². The lowest BCUT2D eigenvalue weighted by atomic mass is 10.1. The number of aliphatic hydroxyl groups is 1. The lowest BCUT2D eigenvalue weighted by molar-refractivity contribution is -0.119. The van der Waals surface area contributed by atoms with Gasteiger partial charge in [-0.25, -0.2) is 14.1 Å². The number of imidazole rings is 1. The van der Waals surface area contributed by atoms with E-state index in [1.807, 2.05) is 0 Å². The summed E-state index contributed by atoms with van der Waals surface area (Å²) < 4.78 is 30.3. The summed E-state index contributed by atoms with van der Waals surface area (Å²) in [5, 5.41) is 14.9. The number of Topliss-reactive ketones (excluding diaryl/α,β-unsaturated/α-hetero) is 1. The van der Waals surface area contributed by atoms with Gasteiger partial charge in [-0.1, -0.05) is 48.3 Å². The second-order valence-corrected chi connectivity index (χ2v) is 11.9. The van der Waals surface area contributed by atoms with Gasteiger partial charge in [-0.3, -0.25) is 9.32 Å². The number of hydrogen-bond acceptors (Lipinski definition) is 11. The standard InChI is InChI=1S/C21H25Cl2N6O6P/c1-11(12(2)30)10-36(32,35-13-6-4-3-5-7-13)33-9-15-16(31)21(22,23)17(34-15)14-8-26-19-18(24)27-20(25)28-29(14)19/h3-8,11,15-17,31H,9-10H2,1-2H3,(H4,24,25,27,28)/t11-,15-,16+,17+,36?/m1/s1. The molecule has 3 aromatic rings. The maximum Gasteiger partial charge on any atom is 0.379 e. The molecule has 0 bridgehead atoms. The number of nitrogens with zero attached hydrogens (tertiary/aromatic N) is 4. The van der Waals surface area contributed by atoms with Crippen molar-refractivity contribution in [1.82, 2.24) is 19.6 Å². The van der Waals surface area contributed by atoms with Crippen LogP contribution in [0.15, 0.2) is 36.5 Å². The van der Waals surface area contributed by atoms with E-state index in [9.17, 15) is 14.5 Å². The summed E-state index contributed by atoms with van der Waals surface area (Å²) in [5.41, 5.74) is 12.0. The fraction of sp³-hybridized carbons (Fsp3) is 0.429. The molecule has 3 heterocycles. The van der Waals surface area contributed by atoms with Gasteiger partial charge in [0.1, 0.15) is 29.8 Å². The van der Waals surface area contributed by atoms with Gasteiger partial charge < -0.3 is 25.8 Å². The second kappa shape index (κ2) is 10.1. The number of aromatic nitrogens is 4. The number of ether oxygens (including phenoxy) is 1. The quantitative estimate of drug-likeness (QED) is 0.259. The molecular formula is C21H25Cl2N6O6P. The Balaban J connectivity index is 1.57. The van der Waals surface area contributed by atoms with E-state index in [0.717, 1.165) is 0 Å². The number of rotatable bonds is 9. The normalized spacial score (nSPS) is 23.9. The molecule has 12 nitrogen and oxygen atoms in total. The Labute approximate surface area is 216 Å². The first kappa shape index (κ1) is 26.6. The van der Waals surface area contributed by atoms with Crippen LogP contribution in [-0.4, -0.2) is 59.8 Å². The summed E-state index contributed by atoms with van der Waals surface area (Å²) in [7, 11) is -3.87. The first-order chi connectivity index (χ1) is 16.9. The van der Waals surface area contributed by atoms with Gasteiger partial charge in [-0.2, -0.15) is 4.98 Å². The first-order valence-corrected chi connectivity index (χ1v) is 13.4. The van der Waals surface area contributed by atoms with Crippen molar-refractivity contribution >= 4 is 54.0 Å². The smallest absolute Gasteiger partial charge is 0.379 e. The summed E-state index contributed by atoms with van der Waals surface area (Å²) in [6.45, 7) is 2.61. The third-order valence-corrected chi connectivity index (χ3v) is 8.59. The van der Waals surface area contributed by atoms with Gasteiger partial charge in [-0.05, 0) is 19.1 Å². The molecule has 0 spiro atoms. The number of halogens is 2. The van der Waals surface area contributed by atoms with Crippen molar-refractivity contribution in [3.8, 4) is 5.75 Å². The number of aliphatic hydroxyl groups excluding tert-OH is 1. The van der Waals surface area contributed by atoms with Crippen molar-refractivity contribution < 1.29 is 28.3 Å². The zero-order valence-corrected chi connectivity index (χ0v) is 21.7. The Morgan fingerprint density at radius 1 is 1.33 bits per heavy atom. The summed E-state index contributed by atoms with van der Waals surface area (Å²) >= 11 is 13.0. The highest BCUT2D eigenvalue weighted by Crippen LogP contribution is 2.53. The van der Waals surface area contributed by atoms with Crippen molar-refractivity contribution in [3.05, 3.63) is 42.2 Å². The summed E-state index contributed by atoms with van der Waals surface area (Å²) in [5.74, 6) is -0.574. The Bertz CT molecular complexity index is 1310. The van der Waals surface area contributed by atoms with Crippen LogP contribution in [0.3, 0.4) is 0 Å². The molecule has 5 atom stereocenters. The Morgan fingerprint density at radius 3 is 2.69 bits per heavy atom. The van der Waals surface area contributed by atoms with Crippen molar-refractivity contribution in [1.29, 1.82) is 0 Å². The molecular weight excluding hydrogens is 534 g/mol. The highest BCUT2D eigenvalue weighted by atomic mass is 35.5. The largest absolute Gasteiger partial charge is 0.424 e. The molecule has 1 fully saturated rings. The van der Waals surface area contributed by atoms with Crippen LogP contribution in [0.1, 0.15) is 25.6 Å². The van der Waals surface area contributed by atoms with Gasteiger partial charge in [0.2, 0.25) is 5.95 Å². The zero-order chi connectivity index (χ0) is 26.3. The minimum Gasteiger partial charge on any atom is -0.424 e. The molecule has 1 aliphatic heterocycles. The number of ketones is 1. The van der Waals surface area contributed by atoms with Crippen LogP contribution in [0.2, 0.25) is 0 Å². The van der Waals surface area contributed by atoms with Crippen molar-refractivity contribution in [2.75, 3.05) is 24.2 Å². The predicted molar refractivity (Wildman–Crippen MR) is 133 cm³/mol. The minimum atomic E-state index is -3.87. The van der Waals surface area contributed by atoms with Crippen molar-refractivity contribution in [3.63, 3.8) is 0 Å². The summed E-state index contributed by atoms with van der Waals surface area (Å²) in [4.78, 5) is 19.8. The number of anilines is 2. The third kappa shape index (κ3) is 5.29. The molecule has 36 heavy (non-hydrogen) atoms. The molecule has 5 N–H and O–H groups in total. The Hall–Kier alpha value is -2.47. The van der Waals surface area contributed by atoms with Crippen molar-refractivity contribution in [2.24, 2.45) is 5.92 Å². The van der Waals surface area contributed by atoms with E-state index in [4.69, 9.17) is 48.5 Å². The molecule has 4 rings (SSSR count). The van der Waals surface area contributed by atoms with Crippen LogP contribution in [0.5, 0.6) is 5.75 Å². The molecule has 194 valence electrons.